The highest BCUT2D eigenvalue weighted by molar-refractivity contribution is 6.32. The van der Waals surface area contributed by atoms with E-state index in [-0.39, 0.29) is 24.0 Å². The largest absolute Gasteiger partial charge is 0.454 e. The van der Waals surface area contributed by atoms with Crippen molar-refractivity contribution in [1.82, 2.24) is 9.97 Å². The number of aromatic nitrogens is 2. The number of ether oxygens (including phenoxy) is 2. The van der Waals surface area contributed by atoms with E-state index in [4.69, 9.17) is 21.1 Å². The molecule has 0 saturated carbocycles. The summed E-state index contributed by atoms with van der Waals surface area (Å²) in [7, 11) is 0. The second-order valence-corrected chi connectivity index (χ2v) is 6.13. The van der Waals surface area contributed by atoms with Crippen LogP contribution in [0.3, 0.4) is 0 Å². The van der Waals surface area contributed by atoms with Crippen molar-refractivity contribution >= 4 is 23.8 Å². The van der Waals surface area contributed by atoms with Crippen LogP contribution in [0, 0.1) is 11.3 Å². The highest BCUT2D eigenvalue weighted by Gasteiger charge is 2.18. The first-order chi connectivity index (χ1) is 13.7. The average Bonchev–Trinajstić information content (AvgIpc) is 3.17. The van der Waals surface area contributed by atoms with Crippen LogP contribution in [-0.2, 0) is 0 Å². The molecule has 1 aromatic heterocycles. The SMILES string of the molecule is N#Cc1c(-c2ccccc2)nc(NN=Cc2cc(Cl)c3c(c2)OCO3)[nH]c1=O. The molecule has 2 N–H and O–H groups in total. The van der Waals surface area contributed by atoms with Gasteiger partial charge in [0.05, 0.1) is 16.9 Å². The van der Waals surface area contributed by atoms with Crippen LogP contribution in [0.25, 0.3) is 11.3 Å². The third kappa shape index (κ3) is 3.39. The Bertz CT molecular complexity index is 1170. The van der Waals surface area contributed by atoms with Crippen LogP contribution in [0.5, 0.6) is 11.5 Å². The number of benzene rings is 2. The zero-order valence-electron chi connectivity index (χ0n) is 14.3. The van der Waals surface area contributed by atoms with Crippen molar-refractivity contribution < 1.29 is 9.47 Å². The zero-order valence-corrected chi connectivity index (χ0v) is 15.0. The van der Waals surface area contributed by atoms with Crippen LogP contribution < -0.4 is 20.5 Å². The molecule has 1 aliphatic rings. The van der Waals surface area contributed by atoms with E-state index in [1.165, 1.54) is 6.21 Å². The molecule has 0 spiro atoms. The predicted octanol–water partition coefficient (Wildman–Crippen LogP) is 3.14. The Morgan fingerprint density at radius 2 is 2.11 bits per heavy atom. The number of aromatic amines is 1. The van der Waals surface area contributed by atoms with Crippen molar-refractivity contribution in [3.8, 4) is 28.8 Å². The first-order valence-corrected chi connectivity index (χ1v) is 8.51. The summed E-state index contributed by atoms with van der Waals surface area (Å²) in [4.78, 5) is 19.0. The summed E-state index contributed by atoms with van der Waals surface area (Å²) < 4.78 is 10.6. The van der Waals surface area contributed by atoms with Crippen LogP contribution in [0.4, 0.5) is 5.95 Å². The molecule has 0 radical (unpaired) electrons. The molecule has 1 aliphatic heterocycles. The fourth-order valence-electron chi connectivity index (χ4n) is 2.66. The molecule has 2 aromatic carbocycles. The molecule has 8 nitrogen and oxygen atoms in total. The molecule has 138 valence electrons. The lowest BCUT2D eigenvalue weighted by atomic mass is 10.1. The van der Waals surface area contributed by atoms with Gasteiger partial charge in [0.2, 0.25) is 12.7 Å². The Morgan fingerprint density at radius 1 is 1.29 bits per heavy atom. The van der Waals surface area contributed by atoms with Crippen LogP contribution in [0.1, 0.15) is 11.1 Å². The van der Waals surface area contributed by atoms with Gasteiger partial charge in [0.1, 0.15) is 11.6 Å². The molecule has 0 saturated heterocycles. The van der Waals surface area contributed by atoms with E-state index >= 15 is 0 Å². The minimum absolute atomic E-state index is 0.0664. The molecule has 0 amide bonds. The van der Waals surface area contributed by atoms with Gasteiger partial charge in [-0.05, 0) is 17.7 Å². The van der Waals surface area contributed by atoms with E-state index in [0.29, 0.717) is 27.6 Å². The Hall–Kier alpha value is -3.83. The van der Waals surface area contributed by atoms with Crippen molar-refractivity contribution in [2.45, 2.75) is 0 Å². The van der Waals surface area contributed by atoms with Crippen molar-refractivity contribution in [1.29, 1.82) is 5.26 Å². The van der Waals surface area contributed by atoms with Gasteiger partial charge < -0.3 is 9.47 Å². The fourth-order valence-corrected chi connectivity index (χ4v) is 2.94. The number of nitriles is 1. The standard InChI is InChI=1S/C19H12ClN5O3/c20-14-6-11(7-15-17(14)28-10-27-15)9-22-25-19-23-16(12-4-2-1-3-5-12)13(8-21)18(26)24-19/h1-7,9H,10H2,(H2,23,24,25,26). The first-order valence-electron chi connectivity index (χ1n) is 8.14. The molecule has 28 heavy (non-hydrogen) atoms. The summed E-state index contributed by atoms with van der Waals surface area (Å²) in [6.45, 7) is 0.118. The summed E-state index contributed by atoms with van der Waals surface area (Å²) in [6, 6.07) is 14.3. The number of anilines is 1. The lowest BCUT2D eigenvalue weighted by Crippen LogP contribution is -2.16. The summed E-state index contributed by atoms with van der Waals surface area (Å²) in [5, 5.41) is 13.8. The maximum atomic E-state index is 12.2. The molecule has 9 heteroatoms. The van der Waals surface area contributed by atoms with E-state index in [1.54, 1.807) is 36.4 Å². The number of halogens is 1. The monoisotopic (exact) mass is 393 g/mol. The van der Waals surface area contributed by atoms with Gasteiger partial charge in [0, 0.05) is 5.56 Å². The fraction of sp³-hybridized carbons (Fsp3) is 0.0526. The van der Waals surface area contributed by atoms with Crippen LogP contribution in [-0.4, -0.2) is 23.0 Å². The molecule has 0 bridgehead atoms. The van der Waals surface area contributed by atoms with E-state index in [9.17, 15) is 10.1 Å². The predicted molar refractivity (Wildman–Crippen MR) is 104 cm³/mol. The molecule has 3 aromatic rings. The molecular weight excluding hydrogens is 382 g/mol. The van der Waals surface area contributed by atoms with Gasteiger partial charge in [-0.15, -0.1) is 0 Å². The van der Waals surface area contributed by atoms with Gasteiger partial charge in [0.15, 0.2) is 11.5 Å². The van der Waals surface area contributed by atoms with Crippen LogP contribution in [0.15, 0.2) is 52.4 Å². The maximum absolute atomic E-state index is 12.2. The zero-order chi connectivity index (χ0) is 19.5. The van der Waals surface area contributed by atoms with E-state index in [0.717, 1.165) is 0 Å². The minimum atomic E-state index is -0.555. The van der Waals surface area contributed by atoms with Gasteiger partial charge >= 0.3 is 0 Å². The summed E-state index contributed by atoms with van der Waals surface area (Å²) in [5.74, 6) is 1.13. The van der Waals surface area contributed by atoms with Crippen molar-refractivity contribution in [2.24, 2.45) is 5.10 Å². The Balaban J connectivity index is 1.62. The number of nitrogens with one attached hydrogen (secondary N) is 2. The van der Waals surface area contributed by atoms with Gasteiger partial charge in [-0.2, -0.15) is 10.4 Å². The highest BCUT2D eigenvalue weighted by Crippen LogP contribution is 2.39. The molecule has 4 rings (SSSR count). The Kier molecular flexibility index (Phi) is 4.66. The second kappa shape index (κ2) is 7.42. The van der Waals surface area contributed by atoms with Gasteiger partial charge in [-0.25, -0.2) is 10.4 Å². The third-order valence-corrected chi connectivity index (χ3v) is 4.19. The molecule has 0 fully saturated rings. The third-order valence-electron chi connectivity index (χ3n) is 3.91. The first kappa shape index (κ1) is 17.6. The number of nitrogens with zero attached hydrogens (tertiary/aromatic N) is 3. The van der Waals surface area contributed by atoms with Gasteiger partial charge in [0.25, 0.3) is 5.56 Å². The van der Waals surface area contributed by atoms with Crippen molar-refractivity contribution in [3.63, 3.8) is 0 Å². The molecule has 0 aliphatic carbocycles. The quantitative estimate of drug-likeness (QED) is 0.520. The Morgan fingerprint density at radius 3 is 2.89 bits per heavy atom. The van der Waals surface area contributed by atoms with Gasteiger partial charge in [-0.3, -0.25) is 9.78 Å². The summed E-state index contributed by atoms with van der Waals surface area (Å²) in [5.41, 5.74) is 3.63. The minimum Gasteiger partial charge on any atom is -0.454 e. The molecule has 2 heterocycles. The molecule has 0 unspecified atom stereocenters. The number of hydrogen-bond acceptors (Lipinski definition) is 7. The number of rotatable bonds is 4. The number of H-pyrrole nitrogens is 1. The van der Waals surface area contributed by atoms with Crippen LogP contribution in [0.2, 0.25) is 5.02 Å². The number of fused-ring (bicyclic) bond motifs is 1. The number of hydrogen-bond donors (Lipinski definition) is 2. The highest BCUT2D eigenvalue weighted by atomic mass is 35.5. The van der Waals surface area contributed by atoms with E-state index in [1.807, 2.05) is 12.1 Å². The Labute approximate surface area is 164 Å². The average molecular weight is 394 g/mol. The van der Waals surface area contributed by atoms with Gasteiger partial charge in [-0.1, -0.05) is 41.9 Å². The normalized spacial score (nSPS) is 12.1. The second-order valence-electron chi connectivity index (χ2n) is 5.72. The van der Waals surface area contributed by atoms with Crippen LogP contribution >= 0.6 is 11.6 Å². The van der Waals surface area contributed by atoms with Crippen molar-refractivity contribution in [3.05, 3.63) is 69.0 Å². The maximum Gasteiger partial charge on any atom is 0.270 e. The summed E-state index contributed by atoms with van der Waals surface area (Å²) >= 11 is 6.14. The summed E-state index contributed by atoms with van der Waals surface area (Å²) in [6.07, 6.45) is 1.49. The van der Waals surface area contributed by atoms with Crippen molar-refractivity contribution in [2.75, 3.05) is 12.2 Å². The number of hydrazone groups is 1. The smallest absolute Gasteiger partial charge is 0.270 e. The molecule has 0 atom stereocenters. The molecular formula is C19H12ClN5O3. The lowest BCUT2D eigenvalue weighted by Gasteiger charge is -2.06. The topological polar surface area (TPSA) is 112 Å². The van der Waals surface area contributed by atoms with E-state index < -0.39 is 5.56 Å². The lowest BCUT2D eigenvalue weighted by molar-refractivity contribution is 0.174. The van der Waals surface area contributed by atoms with E-state index in [2.05, 4.69) is 20.5 Å².